The van der Waals surface area contributed by atoms with Crippen LogP contribution in [0.1, 0.15) is 15.2 Å². The van der Waals surface area contributed by atoms with Crippen LogP contribution in [0.2, 0.25) is 0 Å². The number of carbonyl (C=O) groups excluding carboxylic acids is 1. The molecule has 0 saturated carbocycles. The fraction of sp³-hybridized carbons (Fsp3) is 0. The second-order valence-electron chi connectivity index (χ2n) is 4.32. The third kappa shape index (κ3) is 2.55. The number of nitro groups is 1. The maximum absolute atomic E-state index is 12.2. The van der Waals surface area contributed by atoms with Gasteiger partial charge in [-0.15, -0.1) is 22.7 Å². The number of fused-ring (bicyclic) bond motifs is 1. The van der Waals surface area contributed by atoms with Gasteiger partial charge < -0.3 is 5.32 Å². The summed E-state index contributed by atoms with van der Waals surface area (Å²) in [6.45, 7) is 0. The maximum Gasteiger partial charge on any atom is 0.270 e. The molecule has 3 rings (SSSR count). The van der Waals surface area contributed by atoms with Gasteiger partial charge in [0.05, 0.1) is 15.4 Å². The first-order chi connectivity index (χ1) is 10.6. The van der Waals surface area contributed by atoms with Gasteiger partial charge in [-0.2, -0.15) is 5.26 Å². The predicted molar refractivity (Wildman–Crippen MR) is 85.5 cm³/mol. The minimum Gasteiger partial charge on any atom is -0.312 e. The average Bonchev–Trinajstić information content (AvgIpc) is 3.11. The van der Waals surface area contributed by atoms with Crippen LogP contribution in [0.4, 0.5) is 10.7 Å². The molecule has 1 N–H and O–H groups in total. The number of benzene rings is 1. The molecule has 0 atom stereocenters. The predicted octanol–water partition coefficient (Wildman–Crippen LogP) is 3.99. The molecule has 0 radical (unpaired) electrons. The van der Waals surface area contributed by atoms with Gasteiger partial charge in [0.2, 0.25) is 0 Å². The summed E-state index contributed by atoms with van der Waals surface area (Å²) in [6.07, 6.45) is 0. The molecule has 1 amide bonds. The Bertz CT molecular complexity index is 936. The van der Waals surface area contributed by atoms with E-state index in [4.69, 9.17) is 5.26 Å². The van der Waals surface area contributed by atoms with Crippen LogP contribution in [0.25, 0.3) is 10.1 Å². The summed E-state index contributed by atoms with van der Waals surface area (Å²) in [4.78, 5) is 23.0. The van der Waals surface area contributed by atoms with Crippen LogP contribution >= 0.6 is 22.7 Å². The minimum atomic E-state index is -0.471. The van der Waals surface area contributed by atoms with E-state index in [1.165, 1.54) is 34.8 Å². The molecule has 0 fully saturated rings. The molecule has 2 aromatic heterocycles. The van der Waals surface area contributed by atoms with Crippen LogP contribution in [0.15, 0.2) is 35.7 Å². The molecule has 2 heterocycles. The van der Waals surface area contributed by atoms with Gasteiger partial charge >= 0.3 is 0 Å². The molecule has 0 aliphatic carbocycles. The Morgan fingerprint density at radius 1 is 1.32 bits per heavy atom. The number of carbonyl (C=O) groups is 1. The average molecular weight is 329 g/mol. The first-order valence-corrected chi connectivity index (χ1v) is 7.75. The van der Waals surface area contributed by atoms with E-state index in [-0.39, 0.29) is 11.6 Å². The number of hydrogen-bond acceptors (Lipinski definition) is 6. The topological polar surface area (TPSA) is 96.0 Å². The lowest BCUT2D eigenvalue weighted by molar-refractivity contribution is -0.384. The van der Waals surface area contributed by atoms with Gasteiger partial charge in [0.1, 0.15) is 11.1 Å². The number of non-ortho nitro benzene ring substituents is 1. The molecule has 0 saturated heterocycles. The molecule has 0 unspecified atom stereocenters. The van der Waals surface area contributed by atoms with Gasteiger partial charge in [0, 0.05) is 22.2 Å². The highest BCUT2D eigenvalue weighted by molar-refractivity contribution is 7.21. The first-order valence-electron chi connectivity index (χ1n) is 6.05. The first kappa shape index (κ1) is 14.2. The van der Waals surface area contributed by atoms with Crippen LogP contribution in [-0.2, 0) is 0 Å². The summed E-state index contributed by atoms with van der Waals surface area (Å²) < 4.78 is 0.794. The number of nitrogens with zero attached hydrogens (tertiary/aromatic N) is 2. The van der Waals surface area contributed by atoms with Crippen molar-refractivity contribution in [2.75, 3.05) is 5.32 Å². The number of nitro benzene ring substituents is 1. The van der Waals surface area contributed by atoms with Crippen LogP contribution in [0, 0.1) is 21.4 Å². The third-order valence-corrected chi connectivity index (χ3v) is 4.89. The van der Waals surface area contributed by atoms with E-state index in [0.29, 0.717) is 20.8 Å². The highest BCUT2D eigenvalue weighted by Gasteiger charge is 2.15. The van der Waals surface area contributed by atoms with E-state index in [9.17, 15) is 14.9 Å². The zero-order chi connectivity index (χ0) is 15.7. The number of hydrogen-bond donors (Lipinski definition) is 1. The third-order valence-electron chi connectivity index (χ3n) is 2.95. The van der Waals surface area contributed by atoms with Crippen LogP contribution < -0.4 is 5.32 Å². The highest BCUT2D eigenvalue weighted by Crippen LogP contribution is 2.30. The van der Waals surface area contributed by atoms with E-state index in [2.05, 4.69) is 5.32 Å². The molecule has 8 heteroatoms. The van der Waals surface area contributed by atoms with Crippen molar-refractivity contribution in [2.45, 2.75) is 0 Å². The van der Waals surface area contributed by atoms with Crippen molar-refractivity contribution in [1.82, 2.24) is 0 Å². The Morgan fingerprint density at radius 3 is 2.86 bits per heavy atom. The standard InChI is InChI=1S/C14H7N3O3S2/c15-7-8-3-4-21-14(8)16-13(18)12-6-9-5-10(17(19)20)1-2-11(9)22-12/h1-6H,(H,16,18). The molecular formula is C14H7N3O3S2. The van der Waals surface area contributed by atoms with Gasteiger partial charge in [-0.25, -0.2) is 0 Å². The van der Waals surface area contributed by atoms with Gasteiger partial charge in [0.15, 0.2) is 0 Å². The van der Waals surface area contributed by atoms with Gasteiger partial charge in [-0.05, 0) is 23.6 Å². The van der Waals surface area contributed by atoms with Crippen LogP contribution in [0.5, 0.6) is 0 Å². The number of nitriles is 1. The summed E-state index contributed by atoms with van der Waals surface area (Å²) in [5.41, 5.74) is 0.400. The molecule has 0 aliphatic rings. The summed E-state index contributed by atoms with van der Waals surface area (Å²) in [5.74, 6) is -0.331. The van der Waals surface area contributed by atoms with Gasteiger partial charge in [-0.1, -0.05) is 0 Å². The van der Waals surface area contributed by atoms with Crippen molar-refractivity contribution in [3.05, 3.63) is 56.3 Å². The van der Waals surface area contributed by atoms with E-state index in [0.717, 1.165) is 4.70 Å². The van der Waals surface area contributed by atoms with E-state index in [1.54, 1.807) is 23.6 Å². The smallest absolute Gasteiger partial charge is 0.270 e. The quantitative estimate of drug-likeness (QED) is 0.580. The van der Waals surface area contributed by atoms with E-state index >= 15 is 0 Å². The Labute approximate surface area is 132 Å². The Kier molecular flexibility index (Phi) is 3.58. The molecule has 22 heavy (non-hydrogen) atoms. The molecule has 3 aromatic rings. The lowest BCUT2D eigenvalue weighted by Gasteiger charge is -1.99. The lowest BCUT2D eigenvalue weighted by Crippen LogP contribution is -2.09. The highest BCUT2D eigenvalue weighted by atomic mass is 32.1. The summed E-state index contributed by atoms with van der Waals surface area (Å²) >= 11 is 2.52. The number of amides is 1. The fourth-order valence-corrected chi connectivity index (χ4v) is 3.59. The molecule has 6 nitrogen and oxygen atoms in total. The second kappa shape index (κ2) is 5.55. The van der Waals surface area contributed by atoms with Crippen LogP contribution in [-0.4, -0.2) is 10.8 Å². The van der Waals surface area contributed by atoms with Crippen molar-refractivity contribution in [3.63, 3.8) is 0 Å². The van der Waals surface area contributed by atoms with E-state index in [1.807, 2.05) is 6.07 Å². The van der Waals surface area contributed by atoms with Crippen molar-refractivity contribution < 1.29 is 9.72 Å². The lowest BCUT2D eigenvalue weighted by atomic mass is 10.2. The zero-order valence-corrected chi connectivity index (χ0v) is 12.5. The summed E-state index contributed by atoms with van der Waals surface area (Å²) in [6, 6.07) is 9.72. The van der Waals surface area contributed by atoms with E-state index < -0.39 is 4.92 Å². The largest absolute Gasteiger partial charge is 0.312 e. The minimum absolute atomic E-state index is 0.0118. The molecule has 0 aliphatic heterocycles. The van der Waals surface area contributed by atoms with Crippen molar-refractivity contribution in [1.29, 1.82) is 5.26 Å². The Morgan fingerprint density at radius 2 is 2.14 bits per heavy atom. The number of anilines is 1. The van der Waals surface area contributed by atoms with Gasteiger partial charge in [-0.3, -0.25) is 14.9 Å². The number of nitrogens with one attached hydrogen (secondary N) is 1. The molecule has 0 bridgehead atoms. The summed E-state index contributed by atoms with van der Waals surface area (Å²) in [5, 5.41) is 25.3. The van der Waals surface area contributed by atoms with Crippen LogP contribution in [0.3, 0.4) is 0 Å². The molecule has 108 valence electrons. The zero-order valence-electron chi connectivity index (χ0n) is 10.9. The molecule has 0 spiro atoms. The molecule has 1 aromatic carbocycles. The fourth-order valence-electron chi connectivity index (χ4n) is 1.92. The Hall–Kier alpha value is -2.76. The Balaban J connectivity index is 1.91. The molecular weight excluding hydrogens is 322 g/mol. The monoisotopic (exact) mass is 329 g/mol. The van der Waals surface area contributed by atoms with Crippen molar-refractivity contribution in [3.8, 4) is 6.07 Å². The van der Waals surface area contributed by atoms with Crippen molar-refractivity contribution in [2.24, 2.45) is 0 Å². The normalized spacial score (nSPS) is 10.3. The maximum atomic E-state index is 12.2. The van der Waals surface area contributed by atoms with Crippen molar-refractivity contribution >= 4 is 49.4 Å². The summed E-state index contributed by atoms with van der Waals surface area (Å²) in [7, 11) is 0. The van der Waals surface area contributed by atoms with Gasteiger partial charge in [0.25, 0.3) is 11.6 Å². The number of rotatable bonds is 3. The SMILES string of the molecule is N#Cc1ccsc1NC(=O)c1cc2cc([N+](=O)[O-])ccc2s1. The number of thiophene rings is 2. The second-order valence-corrected chi connectivity index (χ2v) is 6.32.